The fraction of sp³-hybridized carbons (Fsp3) is 0.500. The lowest BCUT2D eigenvalue weighted by Crippen LogP contribution is -2.55. The van der Waals surface area contributed by atoms with Crippen LogP contribution in [0.2, 0.25) is 0 Å². The maximum Gasteiger partial charge on any atom is 0.328 e. The molecule has 5 heteroatoms. The zero-order valence-corrected chi connectivity index (χ0v) is 8.14. The summed E-state index contributed by atoms with van der Waals surface area (Å²) in [5.41, 5.74) is -1.55. The molecule has 0 radical (unpaired) electrons. The minimum atomic E-state index is -1.55. The largest absolute Gasteiger partial charge is 0.468 e. The van der Waals surface area contributed by atoms with E-state index in [4.69, 9.17) is 4.74 Å². The van der Waals surface area contributed by atoms with E-state index in [0.717, 1.165) is 0 Å². The molecule has 0 aromatic heterocycles. The topological polar surface area (TPSA) is 69.7 Å². The van der Waals surface area contributed by atoms with Gasteiger partial charge in [0, 0.05) is 5.92 Å². The maximum absolute atomic E-state index is 11.6. The Kier molecular flexibility index (Phi) is 2.10. The third-order valence-electron chi connectivity index (χ3n) is 2.93. The molecule has 5 nitrogen and oxygen atoms in total. The Balaban J connectivity index is 2.50. The van der Waals surface area contributed by atoms with Crippen LogP contribution in [0.5, 0.6) is 0 Å². The predicted octanol–water partition coefficient (Wildman–Crippen LogP) is -0.154. The van der Waals surface area contributed by atoms with Crippen LogP contribution in [0.25, 0.3) is 0 Å². The Labute approximate surface area is 86.0 Å². The quantitative estimate of drug-likeness (QED) is 0.274. The van der Waals surface area contributed by atoms with Gasteiger partial charge in [0.25, 0.3) is 0 Å². The molecule has 15 heavy (non-hydrogen) atoms. The lowest BCUT2D eigenvalue weighted by molar-refractivity contribution is -0.184. The highest BCUT2D eigenvalue weighted by Crippen LogP contribution is 2.43. The summed E-state index contributed by atoms with van der Waals surface area (Å²) >= 11 is 0. The van der Waals surface area contributed by atoms with E-state index in [-0.39, 0.29) is 6.10 Å². The Bertz CT molecular complexity index is 359. The van der Waals surface area contributed by atoms with Crippen LogP contribution in [0.3, 0.4) is 0 Å². The highest BCUT2D eigenvalue weighted by Gasteiger charge is 2.59. The van der Waals surface area contributed by atoms with Crippen molar-refractivity contribution in [2.45, 2.75) is 12.5 Å². The molecule has 3 atom stereocenters. The van der Waals surface area contributed by atoms with Crippen LogP contribution in [0.1, 0.15) is 6.42 Å². The number of carbonyl (C=O) groups excluding carboxylic acids is 3. The minimum Gasteiger partial charge on any atom is -0.468 e. The van der Waals surface area contributed by atoms with Gasteiger partial charge >= 0.3 is 11.9 Å². The molecule has 3 aliphatic rings. The van der Waals surface area contributed by atoms with Gasteiger partial charge in [-0.05, 0) is 12.5 Å². The number of esters is 2. The first-order chi connectivity index (χ1) is 7.15. The van der Waals surface area contributed by atoms with Gasteiger partial charge in [-0.25, -0.2) is 0 Å². The van der Waals surface area contributed by atoms with Crippen molar-refractivity contribution in [2.24, 2.45) is 11.3 Å². The molecule has 1 fully saturated rings. The van der Waals surface area contributed by atoms with Gasteiger partial charge in [-0.1, -0.05) is 6.08 Å². The van der Waals surface area contributed by atoms with E-state index in [9.17, 15) is 14.4 Å². The standard InChI is InChI=1S/C10H10O5/c1-14-8(12)10-3-2-7(15-9(10)13)4-6(10)5-11/h2-3,5-7H,4H2,1H3/t6-,7-,10+/m0/s1. The molecule has 0 spiro atoms. The van der Waals surface area contributed by atoms with Crippen LogP contribution in [-0.4, -0.2) is 31.4 Å². The van der Waals surface area contributed by atoms with E-state index in [1.54, 1.807) is 6.08 Å². The molecule has 0 aromatic carbocycles. The molecule has 2 bridgehead atoms. The van der Waals surface area contributed by atoms with Gasteiger partial charge in [0.1, 0.15) is 12.4 Å². The van der Waals surface area contributed by atoms with E-state index in [1.807, 2.05) is 0 Å². The van der Waals surface area contributed by atoms with Gasteiger partial charge in [0.05, 0.1) is 7.11 Å². The molecule has 2 heterocycles. The Morgan fingerprint density at radius 1 is 1.73 bits per heavy atom. The fourth-order valence-corrected chi connectivity index (χ4v) is 2.07. The molecule has 0 N–H and O–H groups in total. The van der Waals surface area contributed by atoms with E-state index in [2.05, 4.69) is 4.74 Å². The second-order valence-corrected chi connectivity index (χ2v) is 3.64. The van der Waals surface area contributed by atoms with Gasteiger partial charge in [-0.2, -0.15) is 0 Å². The third-order valence-corrected chi connectivity index (χ3v) is 2.93. The summed E-state index contributed by atoms with van der Waals surface area (Å²) in [6.07, 6.45) is 3.63. The number of hydrogen-bond donors (Lipinski definition) is 0. The van der Waals surface area contributed by atoms with Gasteiger partial charge < -0.3 is 14.3 Å². The van der Waals surface area contributed by atoms with Crippen molar-refractivity contribution in [3.63, 3.8) is 0 Å². The van der Waals surface area contributed by atoms with Gasteiger partial charge in [-0.3, -0.25) is 9.59 Å². The number of methoxy groups -OCH3 is 1. The van der Waals surface area contributed by atoms with Crippen LogP contribution in [0.15, 0.2) is 12.2 Å². The highest BCUT2D eigenvalue weighted by molar-refractivity contribution is 6.06. The first kappa shape index (κ1) is 9.89. The molecule has 0 aromatic rings. The second kappa shape index (κ2) is 3.18. The summed E-state index contributed by atoms with van der Waals surface area (Å²) in [7, 11) is 1.18. The highest BCUT2D eigenvalue weighted by atomic mass is 16.6. The van der Waals surface area contributed by atoms with Crippen LogP contribution in [-0.2, 0) is 23.9 Å². The normalized spacial score (nSPS) is 37.3. The SMILES string of the molecule is COC(=O)[C@@]12C=C[C@@H](C[C@H]1C=O)OC2=O. The first-order valence-corrected chi connectivity index (χ1v) is 4.59. The van der Waals surface area contributed by atoms with Crippen LogP contribution in [0.4, 0.5) is 0 Å². The van der Waals surface area contributed by atoms with Gasteiger partial charge in [-0.15, -0.1) is 0 Å². The average molecular weight is 210 g/mol. The van der Waals surface area contributed by atoms with Gasteiger partial charge in [0.15, 0.2) is 5.41 Å². The molecule has 0 amide bonds. The third kappa shape index (κ3) is 1.12. The fourth-order valence-electron chi connectivity index (χ4n) is 2.07. The Morgan fingerprint density at radius 3 is 3.00 bits per heavy atom. The Hall–Kier alpha value is -1.65. The molecule has 1 aliphatic carbocycles. The average Bonchev–Trinajstić information content (AvgIpc) is 2.28. The molecule has 0 unspecified atom stereocenters. The predicted molar refractivity (Wildman–Crippen MR) is 47.6 cm³/mol. The zero-order chi connectivity index (χ0) is 11.1. The van der Waals surface area contributed by atoms with Crippen molar-refractivity contribution in [3.05, 3.63) is 12.2 Å². The van der Waals surface area contributed by atoms with Crippen molar-refractivity contribution in [3.8, 4) is 0 Å². The summed E-state index contributed by atoms with van der Waals surface area (Å²) in [6, 6.07) is 0. The van der Waals surface area contributed by atoms with Crippen LogP contribution >= 0.6 is 0 Å². The van der Waals surface area contributed by atoms with E-state index in [0.29, 0.717) is 12.7 Å². The lowest BCUT2D eigenvalue weighted by Gasteiger charge is -2.41. The number of aldehydes is 1. The first-order valence-electron chi connectivity index (χ1n) is 4.59. The van der Waals surface area contributed by atoms with E-state index < -0.39 is 23.3 Å². The zero-order valence-electron chi connectivity index (χ0n) is 8.14. The van der Waals surface area contributed by atoms with Crippen LogP contribution in [0, 0.1) is 11.3 Å². The van der Waals surface area contributed by atoms with Crippen molar-refractivity contribution >= 4 is 18.2 Å². The summed E-state index contributed by atoms with van der Waals surface area (Å²) in [4.78, 5) is 34.1. The number of carbonyl (C=O) groups is 3. The van der Waals surface area contributed by atoms with Crippen LogP contribution < -0.4 is 0 Å². The van der Waals surface area contributed by atoms with E-state index in [1.165, 1.54) is 13.2 Å². The molecular formula is C10H10O5. The maximum atomic E-state index is 11.6. The van der Waals surface area contributed by atoms with E-state index >= 15 is 0 Å². The van der Waals surface area contributed by atoms with Crippen molar-refractivity contribution in [2.75, 3.05) is 7.11 Å². The van der Waals surface area contributed by atoms with Crippen molar-refractivity contribution in [1.29, 1.82) is 0 Å². The molecule has 80 valence electrons. The smallest absolute Gasteiger partial charge is 0.328 e. The number of hydrogen-bond acceptors (Lipinski definition) is 5. The minimum absolute atomic E-state index is 0.348. The molecule has 1 saturated heterocycles. The molecule has 2 aliphatic heterocycles. The number of ether oxygens (including phenoxy) is 2. The van der Waals surface area contributed by atoms with Gasteiger partial charge in [0.2, 0.25) is 0 Å². The molecule has 3 rings (SSSR count). The monoisotopic (exact) mass is 210 g/mol. The number of fused-ring (bicyclic) bond motifs is 2. The lowest BCUT2D eigenvalue weighted by atomic mass is 9.68. The Morgan fingerprint density at radius 2 is 2.47 bits per heavy atom. The summed E-state index contributed by atoms with van der Waals surface area (Å²) in [6.45, 7) is 0. The van der Waals surface area contributed by atoms with Crippen molar-refractivity contribution in [1.82, 2.24) is 0 Å². The molecule has 0 saturated carbocycles. The second-order valence-electron chi connectivity index (χ2n) is 3.64. The summed E-state index contributed by atoms with van der Waals surface area (Å²) in [5, 5.41) is 0. The van der Waals surface area contributed by atoms with Crippen molar-refractivity contribution < 1.29 is 23.9 Å². The molecular weight excluding hydrogens is 200 g/mol. The number of rotatable bonds is 2. The summed E-state index contributed by atoms with van der Waals surface area (Å²) < 4.78 is 9.52. The summed E-state index contributed by atoms with van der Waals surface area (Å²) in [5.74, 6) is -2.11.